The van der Waals surface area contributed by atoms with E-state index in [0.717, 1.165) is 4.90 Å². The molecule has 1 saturated heterocycles. The quantitative estimate of drug-likeness (QED) is 0.639. The van der Waals surface area contributed by atoms with Crippen molar-refractivity contribution in [2.45, 2.75) is 12.5 Å². The van der Waals surface area contributed by atoms with Crippen LogP contribution in [0.25, 0.3) is 0 Å². The second-order valence-corrected chi connectivity index (χ2v) is 6.22. The van der Waals surface area contributed by atoms with Gasteiger partial charge in [-0.1, -0.05) is 23.2 Å². The maximum absolute atomic E-state index is 12.7. The van der Waals surface area contributed by atoms with Crippen LogP contribution in [-0.4, -0.2) is 36.1 Å². The van der Waals surface area contributed by atoms with E-state index in [4.69, 9.17) is 23.2 Å². The average molecular weight is 356 g/mol. The van der Waals surface area contributed by atoms with Crippen molar-refractivity contribution in [2.24, 2.45) is 11.0 Å². The zero-order valence-corrected chi connectivity index (χ0v) is 13.6. The van der Waals surface area contributed by atoms with Gasteiger partial charge in [0, 0.05) is 10.0 Å². The van der Waals surface area contributed by atoms with Crippen molar-refractivity contribution in [3.05, 3.63) is 28.2 Å². The maximum Gasteiger partial charge on any atom is 0.355 e. The predicted octanol–water partition coefficient (Wildman–Crippen LogP) is 1.37. The zero-order valence-electron chi connectivity index (χ0n) is 12.1. The lowest BCUT2D eigenvalue weighted by molar-refractivity contribution is -0.133. The van der Waals surface area contributed by atoms with Crippen LogP contribution in [0.3, 0.4) is 0 Å². The summed E-state index contributed by atoms with van der Waals surface area (Å²) in [4.78, 5) is 38.2. The van der Waals surface area contributed by atoms with Crippen molar-refractivity contribution in [3.63, 3.8) is 0 Å². The van der Waals surface area contributed by atoms with E-state index < -0.39 is 29.2 Å². The fourth-order valence-corrected chi connectivity index (χ4v) is 3.27. The first kappa shape index (κ1) is 15.8. The monoisotopic (exact) mass is 355 g/mol. The number of carbonyl (C=O) groups excluding carboxylic acids is 3. The molecule has 2 amide bonds. The number of rotatable bonds is 2. The molecule has 0 radical (unpaired) electrons. The normalized spacial score (nSPS) is 26.0. The lowest BCUT2D eigenvalue weighted by Gasteiger charge is -2.20. The molecule has 2 heterocycles. The van der Waals surface area contributed by atoms with Crippen molar-refractivity contribution in [1.82, 2.24) is 5.43 Å². The van der Waals surface area contributed by atoms with Gasteiger partial charge in [-0.2, -0.15) is 5.10 Å². The molecule has 1 fully saturated rings. The number of carbonyl (C=O) groups is 3. The van der Waals surface area contributed by atoms with Crippen LogP contribution < -0.4 is 10.3 Å². The smallest absolute Gasteiger partial charge is 0.355 e. The molecule has 0 unspecified atom stereocenters. The molecule has 9 heteroatoms. The molecule has 1 aromatic rings. The Kier molecular flexibility index (Phi) is 3.57. The van der Waals surface area contributed by atoms with Crippen LogP contribution in [0, 0.1) is 5.92 Å². The fraction of sp³-hybridized carbons (Fsp3) is 0.286. The van der Waals surface area contributed by atoms with Gasteiger partial charge in [-0.15, -0.1) is 0 Å². The Morgan fingerprint density at radius 1 is 1.30 bits per heavy atom. The number of fused-ring (bicyclic) bond motifs is 1. The summed E-state index contributed by atoms with van der Waals surface area (Å²) in [7, 11) is 1.18. The number of amides is 2. The molecular formula is C14H11Cl2N3O4. The minimum atomic E-state index is -1.35. The summed E-state index contributed by atoms with van der Waals surface area (Å²) in [6.45, 7) is 1.50. The largest absolute Gasteiger partial charge is 0.464 e. The van der Waals surface area contributed by atoms with Gasteiger partial charge in [0.15, 0.2) is 5.71 Å². The van der Waals surface area contributed by atoms with Crippen LogP contribution in [-0.2, 0) is 19.1 Å². The van der Waals surface area contributed by atoms with Crippen LogP contribution in [0.2, 0.25) is 10.0 Å². The van der Waals surface area contributed by atoms with Gasteiger partial charge in [-0.25, -0.2) is 9.69 Å². The Morgan fingerprint density at radius 2 is 1.91 bits per heavy atom. The first-order chi connectivity index (χ1) is 10.8. The number of benzene rings is 1. The SMILES string of the molecule is COC(=O)C1=NN[C@]2(C)C(=O)N(c3cc(Cl)cc(Cl)c3)C(=O)[C@@H]12. The number of esters is 1. The molecule has 120 valence electrons. The Morgan fingerprint density at radius 3 is 2.48 bits per heavy atom. The Labute approximate surface area is 141 Å². The molecule has 0 aromatic heterocycles. The molecule has 0 bridgehead atoms. The maximum atomic E-state index is 12.7. The highest BCUT2D eigenvalue weighted by Crippen LogP contribution is 2.39. The van der Waals surface area contributed by atoms with E-state index in [1.54, 1.807) is 0 Å². The van der Waals surface area contributed by atoms with Gasteiger partial charge in [-0.3, -0.25) is 15.0 Å². The Bertz CT molecular complexity index is 759. The second-order valence-electron chi connectivity index (χ2n) is 5.34. The van der Waals surface area contributed by atoms with Crippen molar-refractivity contribution < 1.29 is 19.1 Å². The third kappa shape index (κ3) is 2.19. The van der Waals surface area contributed by atoms with Gasteiger partial charge < -0.3 is 4.74 Å². The second kappa shape index (κ2) is 5.21. The Balaban J connectivity index is 2.07. The number of nitrogens with one attached hydrogen (secondary N) is 1. The number of imide groups is 1. The summed E-state index contributed by atoms with van der Waals surface area (Å²) in [5, 5.41) is 4.36. The fourth-order valence-electron chi connectivity index (χ4n) is 2.76. The van der Waals surface area contributed by atoms with Crippen LogP contribution in [0.15, 0.2) is 23.3 Å². The van der Waals surface area contributed by atoms with Crippen molar-refractivity contribution in [2.75, 3.05) is 12.0 Å². The van der Waals surface area contributed by atoms with Gasteiger partial charge in [0.25, 0.3) is 5.91 Å². The third-order valence-electron chi connectivity index (χ3n) is 3.87. The number of nitrogens with zero attached hydrogens (tertiary/aromatic N) is 2. The first-order valence-electron chi connectivity index (χ1n) is 6.57. The highest BCUT2D eigenvalue weighted by molar-refractivity contribution is 6.47. The van der Waals surface area contributed by atoms with E-state index >= 15 is 0 Å². The molecule has 23 heavy (non-hydrogen) atoms. The lowest BCUT2D eigenvalue weighted by Crippen LogP contribution is -2.48. The summed E-state index contributed by atoms with van der Waals surface area (Å²) < 4.78 is 4.62. The van der Waals surface area contributed by atoms with E-state index in [9.17, 15) is 14.4 Å². The van der Waals surface area contributed by atoms with Gasteiger partial charge in [0.2, 0.25) is 5.91 Å². The molecule has 1 N–H and O–H groups in total. The highest BCUT2D eigenvalue weighted by Gasteiger charge is 2.63. The number of halogens is 2. The third-order valence-corrected chi connectivity index (χ3v) is 4.31. The summed E-state index contributed by atoms with van der Waals surface area (Å²) in [6.07, 6.45) is 0. The van der Waals surface area contributed by atoms with E-state index in [0.29, 0.717) is 0 Å². The number of methoxy groups -OCH3 is 1. The molecule has 1 aromatic carbocycles. The predicted molar refractivity (Wildman–Crippen MR) is 83.4 cm³/mol. The van der Waals surface area contributed by atoms with Gasteiger partial charge in [0.1, 0.15) is 11.5 Å². The van der Waals surface area contributed by atoms with Crippen LogP contribution in [0.5, 0.6) is 0 Å². The number of hydrazone groups is 1. The highest BCUT2D eigenvalue weighted by atomic mass is 35.5. The van der Waals surface area contributed by atoms with Crippen molar-refractivity contribution in [3.8, 4) is 0 Å². The van der Waals surface area contributed by atoms with Crippen molar-refractivity contribution in [1.29, 1.82) is 0 Å². The molecule has 2 aliphatic rings. The van der Waals surface area contributed by atoms with Gasteiger partial charge in [-0.05, 0) is 25.1 Å². The first-order valence-corrected chi connectivity index (χ1v) is 7.32. The summed E-state index contributed by atoms with van der Waals surface area (Å²) in [5.41, 5.74) is 1.33. The van der Waals surface area contributed by atoms with Crippen LogP contribution in [0.1, 0.15) is 6.92 Å². The molecule has 2 atom stereocenters. The number of anilines is 1. The minimum Gasteiger partial charge on any atom is -0.464 e. The topological polar surface area (TPSA) is 88.1 Å². The van der Waals surface area contributed by atoms with Gasteiger partial charge in [0.05, 0.1) is 12.8 Å². The van der Waals surface area contributed by atoms with Crippen LogP contribution in [0.4, 0.5) is 5.69 Å². The molecule has 0 spiro atoms. The molecule has 2 aliphatic heterocycles. The van der Waals surface area contributed by atoms with Crippen LogP contribution >= 0.6 is 23.2 Å². The van der Waals surface area contributed by atoms with Gasteiger partial charge >= 0.3 is 5.97 Å². The number of hydrogen-bond acceptors (Lipinski definition) is 6. The van der Waals surface area contributed by atoms with E-state index in [1.165, 1.54) is 32.2 Å². The summed E-state index contributed by atoms with van der Waals surface area (Å²) >= 11 is 11.9. The Hall–Kier alpha value is -2.12. The molecule has 0 saturated carbocycles. The zero-order chi connectivity index (χ0) is 16.9. The van der Waals surface area contributed by atoms with Crippen molar-refractivity contribution >= 4 is 52.4 Å². The van der Waals surface area contributed by atoms with E-state index in [2.05, 4.69) is 15.3 Å². The molecule has 0 aliphatic carbocycles. The minimum absolute atomic E-state index is 0.135. The van der Waals surface area contributed by atoms with E-state index in [1.807, 2.05) is 0 Å². The molecule has 3 rings (SSSR count). The molecule has 7 nitrogen and oxygen atoms in total. The standard InChI is InChI=1S/C14H11Cl2N3O4/c1-14-9(10(17-18-14)12(21)23-2)11(20)19(13(14)22)8-4-6(15)3-7(16)5-8/h3-5,9,18H,1-2H3/t9-,14+/m1/s1. The van der Waals surface area contributed by atoms with E-state index in [-0.39, 0.29) is 21.4 Å². The number of ether oxygens (including phenoxy) is 1. The lowest BCUT2D eigenvalue weighted by atomic mass is 9.86. The molecular weight excluding hydrogens is 345 g/mol. The summed E-state index contributed by atoms with van der Waals surface area (Å²) in [5.74, 6) is -2.97. The number of hydrogen-bond donors (Lipinski definition) is 1. The average Bonchev–Trinajstić information content (AvgIpc) is 2.92. The summed E-state index contributed by atoms with van der Waals surface area (Å²) in [6, 6.07) is 4.38.